The Morgan fingerprint density at radius 2 is 1.89 bits per heavy atom. The molecule has 0 spiro atoms. The number of nitrogens with zero attached hydrogens (tertiary/aromatic N) is 5. The van der Waals surface area contributed by atoms with Gasteiger partial charge in [-0.15, -0.1) is 24.8 Å². The summed E-state index contributed by atoms with van der Waals surface area (Å²) in [6.45, 7) is 10.7. The van der Waals surface area contributed by atoms with Crippen LogP contribution in [0.1, 0.15) is 44.5 Å². The summed E-state index contributed by atoms with van der Waals surface area (Å²) in [5, 5.41) is 7.22. The zero-order chi connectivity index (χ0) is 23.2. The van der Waals surface area contributed by atoms with Crippen LogP contribution >= 0.6 is 24.8 Å². The van der Waals surface area contributed by atoms with Crippen LogP contribution in [-0.2, 0) is 24.9 Å². The van der Waals surface area contributed by atoms with Crippen LogP contribution in [0.15, 0.2) is 47.5 Å². The first-order valence-corrected chi connectivity index (χ1v) is 11.4. The van der Waals surface area contributed by atoms with Crippen molar-refractivity contribution in [1.82, 2.24) is 29.6 Å². The Labute approximate surface area is 217 Å². The summed E-state index contributed by atoms with van der Waals surface area (Å²) >= 11 is 0. The fraction of sp³-hybridized carbons (Fsp3) is 0.360. The molecule has 1 aliphatic heterocycles. The highest BCUT2D eigenvalue weighted by Crippen LogP contribution is 2.25. The van der Waals surface area contributed by atoms with Gasteiger partial charge in [0.2, 0.25) is 5.95 Å². The first-order chi connectivity index (χ1) is 15.8. The highest BCUT2D eigenvalue weighted by atomic mass is 35.5. The van der Waals surface area contributed by atoms with Gasteiger partial charge in [0.15, 0.2) is 5.65 Å². The Bertz CT molecular complexity index is 1410. The molecule has 10 heteroatoms. The van der Waals surface area contributed by atoms with E-state index in [0.717, 1.165) is 36.6 Å². The first kappa shape index (κ1) is 26.7. The number of pyridine rings is 1. The van der Waals surface area contributed by atoms with Crippen LogP contribution in [-0.4, -0.2) is 30.9 Å². The van der Waals surface area contributed by atoms with E-state index in [2.05, 4.69) is 53.5 Å². The molecule has 1 aliphatic rings. The van der Waals surface area contributed by atoms with E-state index in [1.807, 2.05) is 29.8 Å². The zero-order valence-electron chi connectivity index (χ0n) is 20.3. The van der Waals surface area contributed by atoms with Gasteiger partial charge in [-0.25, -0.2) is 14.3 Å². The summed E-state index contributed by atoms with van der Waals surface area (Å²) < 4.78 is 3.57. The molecule has 0 amide bonds. The van der Waals surface area contributed by atoms with E-state index in [9.17, 15) is 4.79 Å². The molecule has 2 N–H and O–H groups in total. The highest BCUT2D eigenvalue weighted by molar-refractivity contribution is 5.85. The maximum absolute atomic E-state index is 13.1. The van der Waals surface area contributed by atoms with Gasteiger partial charge in [-0.2, -0.15) is 4.98 Å². The van der Waals surface area contributed by atoms with Crippen LogP contribution < -0.4 is 16.2 Å². The molecule has 5 rings (SSSR count). The van der Waals surface area contributed by atoms with Crippen molar-refractivity contribution in [3.63, 3.8) is 0 Å². The second-order valence-corrected chi connectivity index (χ2v) is 9.45. The van der Waals surface area contributed by atoms with Gasteiger partial charge in [-0.05, 0) is 55.3 Å². The second-order valence-electron chi connectivity index (χ2n) is 9.45. The molecule has 0 unspecified atom stereocenters. The van der Waals surface area contributed by atoms with Crippen molar-refractivity contribution in [3.05, 3.63) is 69.9 Å². The van der Waals surface area contributed by atoms with Crippen molar-refractivity contribution < 1.29 is 0 Å². The topological polar surface area (TPSA) is 89.7 Å². The minimum atomic E-state index is -0.111. The summed E-state index contributed by atoms with van der Waals surface area (Å²) in [4.78, 5) is 26.8. The Hall–Kier alpha value is -2.94. The SMILES string of the molecule is CCn1c(=O)c2cnc(Nc3ccc4c(c3)CCNC4)nc2n1-c1ccnc(C(C)(C)C)c1.Cl.Cl. The molecular formula is C25H31Cl2N7O. The molecule has 0 atom stereocenters. The quantitative estimate of drug-likeness (QED) is 0.415. The van der Waals surface area contributed by atoms with Crippen molar-refractivity contribution in [1.29, 1.82) is 0 Å². The summed E-state index contributed by atoms with van der Waals surface area (Å²) in [6.07, 6.45) is 4.40. The van der Waals surface area contributed by atoms with Crippen LogP contribution in [0.5, 0.6) is 0 Å². The monoisotopic (exact) mass is 515 g/mol. The van der Waals surface area contributed by atoms with Crippen molar-refractivity contribution in [2.75, 3.05) is 11.9 Å². The van der Waals surface area contributed by atoms with Gasteiger partial charge in [0, 0.05) is 42.3 Å². The molecular weight excluding hydrogens is 485 g/mol. The molecule has 186 valence electrons. The first-order valence-electron chi connectivity index (χ1n) is 11.4. The van der Waals surface area contributed by atoms with Gasteiger partial charge in [0.1, 0.15) is 5.39 Å². The van der Waals surface area contributed by atoms with Crippen LogP contribution in [0.25, 0.3) is 16.7 Å². The number of aromatic nitrogens is 5. The summed E-state index contributed by atoms with van der Waals surface area (Å²) in [5.41, 5.74) is 5.77. The molecule has 4 aromatic rings. The van der Waals surface area contributed by atoms with E-state index >= 15 is 0 Å². The lowest BCUT2D eigenvalue weighted by atomic mass is 9.91. The lowest BCUT2D eigenvalue weighted by molar-refractivity contribution is 0.557. The van der Waals surface area contributed by atoms with E-state index in [0.29, 0.717) is 23.5 Å². The third kappa shape index (κ3) is 5.05. The Kier molecular flexibility index (Phi) is 7.89. The van der Waals surface area contributed by atoms with Gasteiger partial charge < -0.3 is 10.6 Å². The van der Waals surface area contributed by atoms with E-state index in [1.165, 1.54) is 11.1 Å². The molecule has 4 heterocycles. The molecule has 0 fully saturated rings. The predicted molar refractivity (Wildman–Crippen MR) is 145 cm³/mol. The number of nitrogens with one attached hydrogen (secondary N) is 2. The number of hydrogen-bond acceptors (Lipinski definition) is 6. The zero-order valence-corrected chi connectivity index (χ0v) is 22.0. The molecule has 1 aromatic carbocycles. The number of halogens is 2. The highest BCUT2D eigenvalue weighted by Gasteiger charge is 2.20. The summed E-state index contributed by atoms with van der Waals surface area (Å²) in [7, 11) is 0. The maximum Gasteiger partial charge on any atom is 0.278 e. The fourth-order valence-electron chi connectivity index (χ4n) is 4.28. The van der Waals surface area contributed by atoms with Crippen LogP contribution in [0.3, 0.4) is 0 Å². The van der Waals surface area contributed by atoms with Gasteiger partial charge in [0.25, 0.3) is 5.56 Å². The Morgan fingerprint density at radius 3 is 2.63 bits per heavy atom. The van der Waals surface area contributed by atoms with Crippen LogP contribution in [0.2, 0.25) is 0 Å². The normalized spacial score (nSPS) is 13.0. The van der Waals surface area contributed by atoms with Crippen molar-refractivity contribution in [2.24, 2.45) is 0 Å². The van der Waals surface area contributed by atoms with Gasteiger partial charge >= 0.3 is 0 Å². The summed E-state index contributed by atoms with van der Waals surface area (Å²) in [5.74, 6) is 0.462. The standard InChI is InChI=1S/C25H29N7O.2ClH/c1-5-31-23(33)20-15-28-24(29-18-7-6-17-14-26-10-8-16(17)12-18)30-22(20)32(31)19-9-11-27-21(13-19)25(2,3)4;;/h6-7,9,11-13,15,26H,5,8,10,14H2,1-4H3,(H,28,29,30);2*1H. The lowest BCUT2D eigenvalue weighted by Gasteiger charge is -2.19. The second kappa shape index (κ2) is 10.4. The van der Waals surface area contributed by atoms with Crippen molar-refractivity contribution in [2.45, 2.75) is 52.6 Å². The van der Waals surface area contributed by atoms with Gasteiger partial charge in [-0.1, -0.05) is 26.8 Å². The van der Waals surface area contributed by atoms with E-state index in [-0.39, 0.29) is 35.8 Å². The smallest absolute Gasteiger partial charge is 0.278 e. The average molecular weight is 516 g/mol. The Balaban J connectivity index is 0.00000171. The number of anilines is 2. The van der Waals surface area contributed by atoms with E-state index < -0.39 is 0 Å². The van der Waals surface area contributed by atoms with E-state index in [1.54, 1.807) is 17.1 Å². The number of rotatable bonds is 4. The molecule has 0 aliphatic carbocycles. The molecule has 3 aromatic heterocycles. The molecule has 8 nitrogen and oxygen atoms in total. The van der Waals surface area contributed by atoms with E-state index in [4.69, 9.17) is 4.98 Å². The largest absolute Gasteiger partial charge is 0.324 e. The Morgan fingerprint density at radius 1 is 1.09 bits per heavy atom. The molecule has 0 bridgehead atoms. The average Bonchev–Trinajstić information content (AvgIpc) is 3.09. The maximum atomic E-state index is 13.1. The van der Waals surface area contributed by atoms with Crippen LogP contribution in [0, 0.1) is 0 Å². The predicted octanol–water partition coefficient (Wildman–Crippen LogP) is 4.53. The lowest BCUT2D eigenvalue weighted by Crippen LogP contribution is -2.23. The molecule has 0 saturated carbocycles. The fourth-order valence-corrected chi connectivity index (χ4v) is 4.28. The molecule has 35 heavy (non-hydrogen) atoms. The third-order valence-electron chi connectivity index (χ3n) is 6.08. The minimum absolute atomic E-state index is 0. The minimum Gasteiger partial charge on any atom is -0.324 e. The van der Waals surface area contributed by atoms with Crippen molar-refractivity contribution >= 4 is 47.5 Å². The van der Waals surface area contributed by atoms with Gasteiger partial charge in [-0.3, -0.25) is 9.78 Å². The number of hydrogen-bond donors (Lipinski definition) is 2. The molecule has 0 radical (unpaired) electrons. The van der Waals surface area contributed by atoms with Gasteiger partial charge in [0.05, 0.1) is 5.69 Å². The molecule has 0 saturated heterocycles. The summed E-state index contributed by atoms with van der Waals surface area (Å²) in [6, 6.07) is 10.3. The van der Waals surface area contributed by atoms with Crippen molar-refractivity contribution in [3.8, 4) is 5.69 Å². The van der Waals surface area contributed by atoms with Crippen LogP contribution in [0.4, 0.5) is 11.6 Å². The number of benzene rings is 1. The third-order valence-corrected chi connectivity index (χ3v) is 6.08. The number of fused-ring (bicyclic) bond motifs is 2.